The highest BCUT2D eigenvalue weighted by molar-refractivity contribution is 6.29. The van der Waals surface area contributed by atoms with Crippen molar-refractivity contribution in [2.45, 2.75) is 45.1 Å². The Bertz CT molecular complexity index is 392. The molecule has 0 bridgehead atoms. The molecule has 0 amide bonds. The Balaban J connectivity index is 1.88. The molecule has 1 aliphatic rings. The van der Waals surface area contributed by atoms with Gasteiger partial charge in [0.2, 0.25) is 0 Å². The third-order valence-electron chi connectivity index (χ3n) is 3.03. The van der Waals surface area contributed by atoms with E-state index in [0.717, 1.165) is 31.2 Å². The van der Waals surface area contributed by atoms with Crippen molar-refractivity contribution in [3.05, 3.63) is 17.0 Å². The minimum atomic E-state index is 0.280. The van der Waals surface area contributed by atoms with Gasteiger partial charge in [0, 0.05) is 25.1 Å². The van der Waals surface area contributed by atoms with Gasteiger partial charge in [-0.25, -0.2) is 9.97 Å². The second-order valence-corrected chi connectivity index (χ2v) is 5.33. The first-order valence-electron chi connectivity index (χ1n) is 6.55. The molecule has 1 aliphatic heterocycles. The van der Waals surface area contributed by atoms with Gasteiger partial charge in [0.15, 0.2) is 0 Å². The van der Waals surface area contributed by atoms with Crippen molar-refractivity contribution >= 4 is 17.4 Å². The maximum Gasteiger partial charge on any atom is 0.135 e. The van der Waals surface area contributed by atoms with Crippen LogP contribution in [0, 0.1) is 0 Å². The number of rotatable bonds is 5. The zero-order chi connectivity index (χ0) is 13.0. The Kier molecular flexibility index (Phi) is 4.78. The first kappa shape index (κ1) is 13.6. The molecule has 1 N–H and O–H groups in total. The summed E-state index contributed by atoms with van der Waals surface area (Å²) in [7, 11) is 0. The summed E-state index contributed by atoms with van der Waals surface area (Å²) in [6.07, 6.45) is 3.77. The van der Waals surface area contributed by atoms with E-state index >= 15 is 0 Å². The second kappa shape index (κ2) is 6.34. The highest BCUT2D eigenvalue weighted by atomic mass is 35.5. The molecule has 1 fully saturated rings. The normalized spacial score (nSPS) is 19.4. The first-order chi connectivity index (χ1) is 8.65. The van der Waals surface area contributed by atoms with Gasteiger partial charge in [-0.2, -0.15) is 0 Å². The highest BCUT2D eigenvalue weighted by Gasteiger charge is 2.14. The maximum atomic E-state index is 5.98. The molecule has 0 aliphatic carbocycles. The Morgan fingerprint density at radius 2 is 2.33 bits per heavy atom. The molecule has 1 saturated heterocycles. The van der Waals surface area contributed by atoms with Crippen LogP contribution < -0.4 is 5.32 Å². The molecule has 0 aromatic carbocycles. The monoisotopic (exact) mass is 269 g/mol. The van der Waals surface area contributed by atoms with Gasteiger partial charge >= 0.3 is 0 Å². The first-order valence-corrected chi connectivity index (χ1v) is 6.93. The predicted molar refractivity (Wildman–Crippen MR) is 73.2 cm³/mol. The van der Waals surface area contributed by atoms with Gasteiger partial charge < -0.3 is 10.1 Å². The molecule has 1 atom stereocenters. The smallest absolute Gasteiger partial charge is 0.135 e. The lowest BCUT2D eigenvalue weighted by Crippen LogP contribution is -2.13. The van der Waals surface area contributed by atoms with E-state index in [1.165, 1.54) is 12.8 Å². The third-order valence-corrected chi connectivity index (χ3v) is 3.22. The van der Waals surface area contributed by atoms with Crippen LogP contribution in [0.25, 0.3) is 0 Å². The standard InChI is InChI=1S/C13H20ClN3O/c1-9(2)13-16-11(14)8-12(17-13)15-6-5-10-4-3-7-18-10/h8-10H,3-7H2,1-2H3,(H,15,16,17). The van der Waals surface area contributed by atoms with Gasteiger partial charge in [0.1, 0.15) is 16.8 Å². The lowest BCUT2D eigenvalue weighted by molar-refractivity contribution is 0.107. The predicted octanol–water partition coefficient (Wildman–Crippen LogP) is 3.23. The maximum absolute atomic E-state index is 5.98. The summed E-state index contributed by atoms with van der Waals surface area (Å²) in [5.41, 5.74) is 0. The average molecular weight is 270 g/mol. The molecular weight excluding hydrogens is 250 g/mol. The van der Waals surface area contributed by atoms with Crippen molar-refractivity contribution in [2.24, 2.45) is 0 Å². The summed E-state index contributed by atoms with van der Waals surface area (Å²) >= 11 is 5.98. The third kappa shape index (κ3) is 3.82. The van der Waals surface area contributed by atoms with E-state index in [4.69, 9.17) is 16.3 Å². The lowest BCUT2D eigenvalue weighted by Gasteiger charge is -2.12. The van der Waals surface area contributed by atoms with E-state index in [-0.39, 0.29) is 5.92 Å². The Hall–Kier alpha value is -0.870. The summed E-state index contributed by atoms with van der Waals surface area (Å²) < 4.78 is 5.58. The molecule has 5 heteroatoms. The number of nitrogens with one attached hydrogen (secondary N) is 1. The summed E-state index contributed by atoms with van der Waals surface area (Å²) in [6.45, 7) is 5.88. The van der Waals surface area contributed by atoms with E-state index in [1.54, 1.807) is 6.07 Å². The minimum absolute atomic E-state index is 0.280. The molecule has 2 rings (SSSR count). The van der Waals surface area contributed by atoms with Crippen LogP contribution in [0.1, 0.15) is 44.9 Å². The number of anilines is 1. The number of hydrogen-bond donors (Lipinski definition) is 1. The highest BCUT2D eigenvalue weighted by Crippen LogP contribution is 2.18. The minimum Gasteiger partial charge on any atom is -0.378 e. The topological polar surface area (TPSA) is 47.0 Å². The van der Waals surface area contributed by atoms with Gasteiger partial charge in [-0.05, 0) is 19.3 Å². The number of ether oxygens (including phenoxy) is 1. The molecule has 0 saturated carbocycles. The van der Waals surface area contributed by atoms with Crippen LogP contribution >= 0.6 is 11.6 Å². The molecule has 2 heterocycles. The number of nitrogens with zero attached hydrogens (tertiary/aromatic N) is 2. The number of halogens is 1. The number of hydrogen-bond acceptors (Lipinski definition) is 4. The van der Waals surface area contributed by atoms with E-state index in [9.17, 15) is 0 Å². The summed E-state index contributed by atoms with van der Waals surface area (Å²) in [6, 6.07) is 1.77. The lowest BCUT2D eigenvalue weighted by atomic mass is 10.2. The van der Waals surface area contributed by atoms with Crippen molar-refractivity contribution in [1.82, 2.24) is 9.97 Å². The van der Waals surface area contributed by atoms with Crippen molar-refractivity contribution in [3.8, 4) is 0 Å². The number of aromatic nitrogens is 2. The second-order valence-electron chi connectivity index (χ2n) is 4.94. The molecular formula is C13H20ClN3O. The fraction of sp³-hybridized carbons (Fsp3) is 0.692. The molecule has 4 nitrogen and oxygen atoms in total. The Labute approximate surface area is 113 Å². The van der Waals surface area contributed by atoms with Gasteiger partial charge in [-0.1, -0.05) is 25.4 Å². The van der Waals surface area contributed by atoms with Crippen LogP contribution in [0.4, 0.5) is 5.82 Å². The molecule has 0 radical (unpaired) electrons. The summed E-state index contributed by atoms with van der Waals surface area (Å²) in [5, 5.41) is 3.79. The van der Waals surface area contributed by atoms with Crippen LogP contribution in [0.5, 0.6) is 0 Å². The zero-order valence-electron chi connectivity index (χ0n) is 10.9. The van der Waals surface area contributed by atoms with Crippen molar-refractivity contribution in [1.29, 1.82) is 0 Å². The SMILES string of the molecule is CC(C)c1nc(Cl)cc(NCCC2CCCO2)n1. The molecule has 1 aromatic heterocycles. The van der Waals surface area contributed by atoms with Crippen molar-refractivity contribution < 1.29 is 4.74 Å². The van der Waals surface area contributed by atoms with E-state index in [0.29, 0.717) is 11.3 Å². The van der Waals surface area contributed by atoms with Gasteiger partial charge in [0.05, 0.1) is 6.10 Å². The fourth-order valence-electron chi connectivity index (χ4n) is 2.02. The van der Waals surface area contributed by atoms with Crippen LogP contribution in [-0.2, 0) is 4.74 Å². The Morgan fingerprint density at radius 3 is 3.00 bits per heavy atom. The van der Waals surface area contributed by atoms with E-state index in [1.807, 2.05) is 0 Å². The Morgan fingerprint density at radius 1 is 1.50 bits per heavy atom. The summed E-state index contributed by atoms with van der Waals surface area (Å²) in [5.74, 6) is 1.86. The van der Waals surface area contributed by atoms with E-state index < -0.39 is 0 Å². The van der Waals surface area contributed by atoms with Gasteiger partial charge in [-0.15, -0.1) is 0 Å². The average Bonchev–Trinajstić information content (AvgIpc) is 2.81. The largest absolute Gasteiger partial charge is 0.378 e. The molecule has 1 aromatic rings. The molecule has 0 spiro atoms. The molecule has 18 heavy (non-hydrogen) atoms. The van der Waals surface area contributed by atoms with Gasteiger partial charge in [-0.3, -0.25) is 0 Å². The quantitative estimate of drug-likeness (QED) is 0.834. The molecule has 100 valence electrons. The zero-order valence-corrected chi connectivity index (χ0v) is 11.7. The van der Waals surface area contributed by atoms with Crippen molar-refractivity contribution in [3.63, 3.8) is 0 Å². The van der Waals surface area contributed by atoms with Crippen LogP contribution in [0.2, 0.25) is 5.15 Å². The summed E-state index contributed by atoms with van der Waals surface area (Å²) in [4.78, 5) is 8.66. The van der Waals surface area contributed by atoms with Crippen LogP contribution in [-0.4, -0.2) is 29.2 Å². The van der Waals surface area contributed by atoms with Crippen molar-refractivity contribution in [2.75, 3.05) is 18.5 Å². The van der Waals surface area contributed by atoms with Crippen LogP contribution in [0.15, 0.2) is 6.07 Å². The molecule has 1 unspecified atom stereocenters. The van der Waals surface area contributed by atoms with Gasteiger partial charge in [0.25, 0.3) is 0 Å². The van der Waals surface area contributed by atoms with Crippen LogP contribution in [0.3, 0.4) is 0 Å². The van der Waals surface area contributed by atoms with E-state index in [2.05, 4.69) is 29.1 Å². The fourth-order valence-corrected chi connectivity index (χ4v) is 2.21.